The van der Waals surface area contributed by atoms with Gasteiger partial charge in [0.05, 0.1) is 6.04 Å². The molecule has 1 aliphatic heterocycles. The smallest absolute Gasteiger partial charge is 0.0690 e. The van der Waals surface area contributed by atoms with Gasteiger partial charge in [0.2, 0.25) is 0 Å². The van der Waals surface area contributed by atoms with Gasteiger partial charge < -0.3 is 5.32 Å². The number of hydrogen-bond acceptors (Lipinski definition) is 1. The summed E-state index contributed by atoms with van der Waals surface area (Å²) in [6, 6.07) is 0.352. The summed E-state index contributed by atoms with van der Waals surface area (Å²) in [7, 11) is 0. The monoisotopic (exact) mass is 109 g/mol. The van der Waals surface area contributed by atoms with E-state index in [9.17, 15) is 0 Å². The molecule has 1 aliphatic rings. The van der Waals surface area contributed by atoms with Crippen LogP contribution in [0, 0.1) is 18.3 Å². The summed E-state index contributed by atoms with van der Waals surface area (Å²) in [4.78, 5) is 0. The van der Waals surface area contributed by atoms with Gasteiger partial charge in [-0.2, -0.15) is 0 Å². The molecular weight excluding hydrogens is 98.1 g/mol. The average molecular weight is 109 g/mol. The molecule has 0 spiro atoms. The van der Waals surface area contributed by atoms with E-state index in [2.05, 4.69) is 18.2 Å². The minimum atomic E-state index is 0.352. The van der Waals surface area contributed by atoms with E-state index >= 15 is 0 Å². The third kappa shape index (κ3) is 1.02. The van der Waals surface area contributed by atoms with E-state index in [1.165, 1.54) is 0 Å². The van der Waals surface area contributed by atoms with Crippen molar-refractivity contribution in [3.8, 4) is 12.3 Å². The lowest BCUT2D eigenvalue weighted by atomic mass is 10.1. The molecule has 2 atom stereocenters. The summed E-state index contributed by atoms with van der Waals surface area (Å²) in [5, 5.41) is 3.22. The standard InChI is InChI=1S/C7H11N/c1-3-7-4-6(2)5-8-7/h1,6-8H,4-5H2,2H3. The van der Waals surface area contributed by atoms with Crippen molar-refractivity contribution in [1.82, 2.24) is 5.32 Å². The Kier molecular flexibility index (Phi) is 1.55. The quantitative estimate of drug-likeness (QED) is 0.450. The molecule has 1 heteroatoms. The number of hydrogen-bond donors (Lipinski definition) is 1. The van der Waals surface area contributed by atoms with E-state index in [0.29, 0.717) is 6.04 Å². The summed E-state index contributed by atoms with van der Waals surface area (Å²) in [6.07, 6.45) is 6.33. The van der Waals surface area contributed by atoms with Crippen LogP contribution in [-0.2, 0) is 0 Å². The van der Waals surface area contributed by atoms with Gasteiger partial charge in [0.25, 0.3) is 0 Å². The minimum Gasteiger partial charge on any atom is -0.303 e. The largest absolute Gasteiger partial charge is 0.303 e. The minimum absolute atomic E-state index is 0.352. The molecule has 0 bridgehead atoms. The average Bonchev–Trinajstić information content (AvgIpc) is 2.14. The van der Waals surface area contributed by atoms with Crippen molar-refractivity contribution >= 4 is 0 Å². The van der Waals surface area contributed by atoms with Gasteiger partial charge in [0, 0.05) is 0 Å². The lowest BCUT2D eigenvalue weighted by Gasteiger charge is -1.95. The molecule has 0 aromatic rings. The molecule has 1 saturated heterocycles. The first kappa shape index (κ1) is 5.65. The van der Waals surface area contributed by atoms with E-state index in [-0.39, 0.29) is 0 Å². The maximum absolute atomic E-state index is 5.18. The second-order valence-electron chi connectivity index (χ2n) is 2.47. The van der Waals surface area contributed by atoms with E-state index < -0.39 is 0 Å². The SMILES string of the molecule is C#CC1CC(C)CN1. The van der Waals surface area contributed by atoms with Crippen molar-refractivity contribution < 1.29 is 0 Å². The first-order valence-corrected chi connectivity index (χ1v) is 3.02. The lowest BCUT2D eigenvalue weighted by molar-refractivity contribution is 0.644. The van der Waals surface area contributed by atoms with Crippen LogP contribution in [0.1, 0.15) is 13.3 Å². The van der Waals surface area contributed by atoms with Crippen LogP contribution in [0.4, 0.5) is 0 Å². The van der Waals surface area contributed by atoms with Crippen molar-refractivity contribution in [2.75, 3.05) is 6.54 Å². The Morgan fingerprint density at radius 2 is 2.50 bits per heavy atom. The molecule has 0 aliphatic carbocycles. The van der Waals surface area contributed by atoms with Crippen LogP contribution >= 0.6 is 0 Å². The fraction of sp³-hybridized carbons (Fsp3) is 0.714. The van der Waals surface area contributed by atoms with Crippen molar-refractivity contribution in [2.45, 2.75) is 19.4 Å². The molecule has 8 heavy (non-hydrogen) atoms. The summed E-state index contributed by atoms with van der Waals surface area (Å²) < 4.78 is 0. The molecule has 0 aromatic heterocycles. The van der Waals surface area contributed by atoms with Gasteiger partial charge in [-0.15, -0.1) is 6.42 Å². The molecular formula is C7H11N. The fourth-order valence-corrected chi connectivity index (χ4v) is 1.04. The Morgan fingerprint density at radius 3 is 2.75 bits per heavy atom. The number of terminal acetylenes is 1. The predicted molar refractivity (Wildman–Crippen MR) is 34.4 cm³/mol. The molecule has 44 valence electrons. The highest BCUT2D eigenvalue weighted by Crippen LogP contribution is 2.10. The lowest BCUT2D eigenvalue weighted by Crippen LogP contribution is -2.18. The van der Waals surface area contributed by atoms with E-state index in [0.717, 1.165) is 18.9 Å². The van der Waals surface area contributed by atoms with Gasteiger partial charge >= 0.3 is 0 Å². The van der Waals surface area contributed by atoms with Crippen LogP contribution in [0.3, 0.4) is 0 Å². The molecule has 0 radical (unpaired) electrons. The Labute approximate surface area is 50.5 Å². The topological polar surface area (TPSA) is 12.0 Å². The molecule has 1 heterocycles. The molecule has 0 aromatic carbocycles. The third-order valence-electron chi connectivity index (χ3n) is 1.55. The van der Waals surface area contributed by atoms with E-state index in [1.807, 2.05) is 0 Å². The van der Waals surface area contributed by atoms with Gasteiger partial charge in [-0.1, -0.05) is 12.8 Å². The molecule has 2 unspecified atom stereocenters. The van der Waals surface area contributed by atoms with Crippen LogP contribution in [0.5, 0.6) is 0 Å². The van der Waals surface area contributed by atoms with E-state index in [1.54, 1.807) is 0 Å². The highest BCUT2D eigenvalue weighted by atomic mass is 14.9. The van der Waals surface area contributed by atoms with Crippen molar-refractivity contribution in [3.63, 3.8) is 0 Å². The summed E-state index contributed by atoms with van der Waals surface area (Å²) in [5.74, 6) is 3.46. The summed E-state index contributed by atoms with van der Waals surface area (Å²) in [5.41, 5.74) is 0. The third-order valence-corrected chi connectivity index (χ3v) is 1.55. The molecule has 0 saturated carbocycles. The van der Waals surface area contributed by atoms with Crippen LogP contribution in [0.25, 0.3) is 0 Å². The van der Waals surface area contributed by atoms with Crippen LogP contribution < -0.4 is 5.32 Å². The van der Waals surface area contributed by atoms with Crippen LogP contribution in [-0.4, -0.2) is 12.6 Å². The summed E-state index contributed by atoms with van der Waals surface area (Å²) in [6.45, 7) is 3.30. The predicted octanol–water partition coefficient (Wildman–Crippen LogP) is 0.618. The highest BCUT2D eigenvalue weighted by molar-refractivity contribution is 5.02. The van der Waals surface area contributed by atoms with Crippen molar-refractivity contribution in [3.05, 3.63) is 0 Å². The van der Waals surface area contributed by atoms with Gasteiger partial charge in [0.1, 0.15) is 0 Å². The van der Waals surface area contributed by atoms with Crippen molar-refractivity contribution in [1.29, 1.82) is 0 Å². The van der Waals surface area contributed by atoms with Gasteiger partial charge in [0.15, 0.2) is 0 Å². The molecule has 1 rings (SSSR count). The maximum Gasteiger partial charge on any atom is 0.0690 e. The first-order chi connectivity index (χ1) is 3.83. The van der Waals surface area contributed by atoms with Crippen LogP contribution in [0.15, 0.2) is 0 Å². The van der Waals surface area contributed by atoms with Crippen molar-refractivity contribution in [2.24, 2.45) is 5.92 Å². The fourth-order valence-electron chi connectivity index (χ4n) is 1.04. The zero-order chi connectivity index (χ0) is 5.98. The van der Waals surface area contributed by atoms with Gasteiger partial charge in [-0.25, -0.2) is 0 Å². The Bertz CT molecular complexity index is 112. The van der Waals surface area contributed by atoms with E-state index in [4.69, 9.17) is 6.42 Å². The highest BCUT2D eigenvalue weighted by Gasteiger charge is 2.17. The Hall–Kier alpha value is -0.480. The van der Waals surface area contributed by atoms with Gasteiger partial charge in [-0.3, -0.25) is 0 Å². The number of rotatable bonds is 0. The van der Waals surface area contributed by atoms with Crippen LogP contribution in [0.2, 0.25) is 0 Å². The molecule has 1 nitrogen and oxygen atoms in total. The molecule has 1 N–H and O–H groups in total. The van der Waals surface area contributed by atoms with Gasteiger partial charge in [-0.05, 0) is 18.9 Å². The zero-order valence-electron chi connectivity index (χ0n) is 5.15. The second-order valence-corrected chi connectivity index (χ2v) is 2.47. The second kappa shape index (κ2) is 2.19. The number of nitrogens with one attached hydrogen (secondary N) is 1. The zero-order valence-corrected chi connectivity index (χ0v) is 5.15. The first-order valence-electron chi connectivity index (χ1n) is 3.02. The Balaban J connectivity index is 2.35. The maximum atomic E-state index is 5.18. The summed E-state index contributed by atoms with van der Waals surface area (Å²) >= 11 is 0. The molecule has 0 amide bonds. The Morgan fingerprint density at radius 1 is 1.75 bits per heavy atom. The molecule has 1 fully saturated rings. The normalized spacial score (nSPS) is 37.0.